The van der Waals surface area contributed by atoms with Crippen molar-refractivity contribution >= 4 is 29.8 Å². The third kappa shape index (κ3) is 51.2. The van der Waals surface area contributed by atoms with Gasteiger partial charge in [0.2, 0.25) is 0 Å². The largest absolute Gasteiger partial charge is 0.478 e. The Morgan fingerprint density at radius 3 is 1.47 bits per heavy atom. The van der Waals surface area contributed by atoms with Crippen molar-refractivity contribution in [3.63, 3.8) is 0 Å². The van der Waals surface area contributed by atoms with Gasteiger partial charge in [0.1, 0.15) is 0 Å². The van der Waals surface area contributed by atoms with Crippen LogP contribution in [0, 0.1) is 0 Å². The molecule has 0 unspecified atom stereocenters. The van der Waals surface area contributed by atoms with Crippen LogP contribution in [0.4, 0.5) is 0 Å². The molecular formula is C24H38O10. The van der Waals surface area contributed by atoms with E-state index in [1.165, 1.54) is 38.7 Å². The van der Waals surface area contributed by atoms with Crippen molar-refractivity contribution in [3.05, 3.63) is 50.3 Å². The summed E-state index contributed by atoms with van der Waals surface area (Å²) in [6.45, 7) is 15.9. The molecule has 10 heteroatoms. The summed E-state index contributed by atoms with van der Waals surface area (Å²) in [4.78, 5) is 49.5. The predicted octanol–water partition coefficient (Wildman–Crippen LogP) is 4.22. The summed E-state index contributed by atoms with van der Waals surface area (Å²) in [5.41, 5.74) is 0. The first-order valence-corrected chi connectivity index (χ1v) is 10.5. The topological polar surface area (TPSA) is 154 Å². The van der Waals surface area contributed by atoms with Gasteiger partial charge in [-0.05, 0) is 13.3 Å². The first kappa shape index (κ1) is 37.6. The number of carbonyl (C=O) groups excluding carboxylic acids is 3. The summed E-state index contributed by atoms with van der Waals surface area (Å²) in [6.07, 6.45) is 11.8. The first-order valence-electron chi connectivity index (χ1n) is 10.5. The number of carboxylic acid groups (broad SMARTS) is 2. The van der Waals surface area contributed by atoms with Gasteiger partial charge in [-0.1, -0.05) is 58.8 Å². The van der Waals surface area contributed by atoms with Crippen LogP contribution < -0.4 is 0 Å². The zero-order valence-electron chi connectivity index (χ0n) is 20.3. The van der Waals surface area contributed by atoms with Crippen LogP contribution in [0.5, 0.6) is 0 Å². The Hall–Kier alpha value is -3.69. The van der Waals surface area contributed by atoms with Gasteiger partial charge in [0.05, 0.1) is 19.5 Å². The molecule has 0 heterocycles. The summed E-state index contributed by atoms with van der Waals surface area (Å²) in [6, 6.07) is 0. The molecule has 0 saturated carbocycles. The molecule has 0 aliphatic carbocycles. The standard InChI is InChI=1S/C11H20O2.C5H8O2.C4H4O4.C4H6O2/c1-3-5-6-7-8-9-10-13-11(12)4-2;1-3-5(6)7-4-2;5-3(6)1-2-4(7)8;1-3-6-4(2)5/h4H,2-3,5-10H2,1H3;3H,1,4H2,2H3;1-2H,(H,5,6)(H,7,8);3H,1H2,2H3/b;;2-1-;. The van der Waals surface area contributed by atoms with Crippen LogP contribution in [0.2, 0.25) is 0 Å². The molecule has 0 aromatic heterocycles. The van der Waals surface area contributed by atoms with Crippen LogP contribution in [0.15, 0.2) is 50.3 Å². The maximum absolute atomic E-state index is 10.6. The fraction of sp³-hybridized carbons (Fsp3) is 0.458. The molecule has 0 amide bonds. The van der Waals surface area contributed by atoms with E-state index in [4.69, 9.17) is 14.9 Å². The van der Waals surface area contributed by atoms with Crippen molar-refractivity contribution in [1.82, 2.24) is 0 Å². The van der Waals surface area contributed by atoms with Gasteiger partial charge in [0, 0.05) is 31.2 Å². The zero-order valence-corrected chi connectivity index (χ0v) is 20.3. The number of aliphatic carboxylic acids is 2. The van der Waals surface area contributed by atoms with E-state index in [0.717, 1.165) is 25.2 Å². The second-order valence-electron chi connectivity index (χ2n) is 5.88. The minimum Gasteiger partial charge on any atom is -0.478 e. The molecule has 0 spiro atoms. The summed E-state index contributed by atoms with van der Waals surface area (Å²) < 4.78 is 13.4. The smallest absolute Gasteiger partial charge is 0.330 e. The second kappa shape index (κ2) is 31.5. The Morgan fingerprint density at radius 2 is 1.18 bits per heavy atom. The molecule has 0 saturated heterocycles. The molecule has 34 heavy (non-hydrogen) atoms. The average molecular weight is 487 g/mol. The number of carbonyl (C=O) groups is 5. The Labute approximate surface area is 201 Å². The number of hydrogen-bond donors (Lipinski definition) is 2. The molecule has 0 bridgehead atoms. The molecule has 0 aliphatic rings. The average Bonchev–Trinajstić information content (AvgIpc) is 2.78. The molecule has 0 fully saturated rings. The lowest BCUT2D eigenvalue weighted by molar-refractivity contribution is -0.138. The van der Waals surface area contributed by atoms with E-state index in [1.54, 1.807) is 6.92 Å². The van der Waals surface area contributed by atoms with Gasteiger partial charge in [0.15, 0.2) is 0 Å². The van der Waals surface area contributed by atoms with E-state index >= 15 is 0 Å². The Bertz CT molecular complexity index is 620. The lowest BCUT2D eigenvalue weighted by Gasteiger charge is -2.01. The fourth-order valence-electron chi connectivity index (χ4n) is 1.58. The minimum atomic E-state index is -1.26. The molecule has 10 nitrogen and oxygen atoms in total. The SMILES string of the molecule is C=CC(=O)OCC.C=CC(=O)OCCCCCCCC.C=COC(C)=O.O=C(O)/C=C\C(=O)O. The molecule has 0 aromatic carbocycles. The highest BCUT2D eigenvalue weighted by atomic mass is 16.5. The molecular weight excluding hydrogens is 448 g/mol. The summed E-state index contributed by atoms with van der Waals surface area (Å²) >= 11 is 0. The van der Waals surface area contributed by atoms with Gasteiger partial charge in [-0.15, -0.1) is 0 Å². The highest BCUT2D eigenvalue weighted by Crippen LogP contribution is 2.04. The molecule has 0 aliphatic heterocycles. The van der Waals surface area contributed by atoms with E-state index in [-0.39, 0.29) is 17.9 Å². The van der Waals surface area contributed by atoms with Crippen molar-refractivity contribution in [3.8, 4) is 0 Å². The number of rotatable bonds is 13. The lowest BCUT2D eigenvalue weighted by atomic mass is 10.1. The Morgan fingerprint density at radius 1 is 0.735 bits per heavy atom. The normalized spacial score (nSPS) is 8.68. The number of esters is 3. The van der Waals surface area contributed by atoms with Crippen LogP contribution >= 0.6 is 0 Å². The van der Waals surface area contributed by atoms with Crippen molar-refractivity contribution in [2.24, 2.45) is 0 Å². The molecule has 194 valence electrons. The quantitative estimate of drug-likeness (QED) is 0.127. The molecule has 0 radical (unpaired) electrons. The second-order valence-corrected chi connectivity index (χ2v) is 5.88. The third-order valence-corrected chi connectivity index (χ3v) is 2.98. The Balaban J connectivity index is -0.000000186. The summed E-state index contributed by atoms with van der Waals surface area (Å²) in [5.74, 6) is -3.51. The number of ether oxygens (including phenoxy) is 3. The van der Waals surface area contributed by atoms with Crippen molar-refractivity contribution in [2.75, 3.05) is 13.2 Å². The Kier molecular flexibility index (Phi) is 34.8. The summed E-state index contributed by atoms with van der Waals surface area (Å²) in [7, 11) is 0. The molecule has 0 atom stereocenters. The molecule has 0 rings (SSSR count). The van der Waals surface area contributed by atoms with Crippen LogP contribution in [-0.2, 0) is 38.2 Å². The van der Waals surface area contributed by atoms with Crippen LogP contribution in [0.3, 0.4) is 0 Å². The maximum atomic E-state index is 10.6. The van der Waals surface area contributed by atoms with Crippen molar-refractivity contribution in [1.29, 1.82) is 0 Å². The van der Waals surface area contributed by atoms with E-state index in [1.807, 2.05) is 0 Å². The maximum Gasteiger partial charge on any atom is 0.330 e. The highest BCUT2D eigenvalue weighted by Gasteiger charge is 1.94. The first-order chi connectivity index (χ1) is 16.0. The number of hydrogen-bond acceptors (Lipinski definition) is 8. The zero-order chi connectivity index (χ0) is 27.2. The van der Waals surface area contributed by atoms with Crippen LogP contribution in [0.25, 0.3) is 0 Å². The number of carboxylic acids is 2. The van der Waals surface area contributed by atoms with E-state index in [9.17, 15) is 24.0 Å². The lowest BCUT2D eigenvalue weighted by Crippen LogP contribution is -2.01. The van der Waals surface area contributed by atoms with Gasteiger partial charge in [-0.3, -0.25) is 4.79 Å². The van der Waals surface area contributed by atoms with Crippen molar-refractivity contribution in [2.45, 2.75) is 59.3 Å². The summed E-state index contributed by atoms with van der Waals surface area (Å²) in [5, 5.41) is 15.6. The fourth-order valence-corrected chi connectivity index (χ4v) is 1.58. The van der Waals surface area contributed by atoms with Crippen LogP contribution in [-0.4, -0.2) is 53.3 Å². The van der Waals surface area contributed by atoms with Gasteiger partial charge in [0.25, 0.3) is 0 Å². The van der Waals surface area contributed by atoms with Gasteiger partial charge in [-0.2, -0.15) is 0 Å². The van der Waals surface area contributed by atoms with Gasteiger partial charge < -0.3 is 24.4 Å². The van der Waals surface area contributed by atoms with Crippen LogP contribution in [0.1, 0.15) is 59.3 Å². The number of unbranched alkanes of at least 4 members (excludes halogenated alkanes) is 5. The van der Waals surface area contributed by atoms with Gasteiger partial charge in [-0.25, -0.2) is 19.2 Å². The molecule has 0 aromatic rings. The van der Waals surface area contributed by atoms with Crippen molar-refractivity contribution < 1.29 is 48.4 Å². The third-order valence-electron chi connectivity index (χ3n) is 2.98. The van der Waals surface area contributed by atoms with E-state index in [0.29, 0.717) is 25.4 Å². The minimum absolute atomic E-state index is 0.312. The highest BCUT2D eigenvalue weighted by molar-refractivity contribution is 5.89. The van der Waals surface area contributed by atoms with E-state index in [2.05, 4.69) is 36.1 Å². The molecule has 2 N–H and O–H groups in total. The van der Waals surface area contributed by atoms with Gasteiger partial charge >= 0.3 is 29.8 Å². The predicted molar refractivity (Wildman–Crippen MR) is 128 cm³/mol. The van der Waals surface area contributed by atoms with E-state index < -0.39 is 11.9 Å². The monoisotopic (exact) mass is 486 g/mol.